The van der Waals surface area contributed by atoms with Crippen molar-refractivity contribution < 1.29 is 24.2 Å². The van der Waals surface area contributed by atoms with Crippen LogP contribution in [0.5, 0.6) is 11.5 Å². The van der Waals surface area contributed by atoms with Gasteiger partial charge in [0.05, 0.1) is 18.2 Å². The predicted molar refractivity (Wildman–Crippen MR) is 151 cm³/mol. The number of carbonyl (C=O) groups excluding carboxylic acids is 2. The van der Waals surface area contributed by atoms with Gasteiger partial charge in [-0.1, -0.05) is 62.2 Å². The highest BCUT2D eigenvalue weighted by Gasteiger charge is 2.46. The number of ether oxygens (including phenoxy) is 2. The summed E-state index contributed by atoms with van der Waals surface area (Å²) in [7, 11) is 0. The number of aliphatic hydroxyl groups is 1. The number of aliphatic hydroxyl groups excluding tert-OH is 1. The van der Waals surface area contributed by atoms with Gasteiger partial charge >= 0.3 is 0 Å². The molecule has 0 spiro atoms. The standard InChI is InChI=1S/C33H35NO5/c1-3-4-8-18-38-27-13-9-12-24(21-27)30-29(31(35)25-14-15-28-26(20-25)19-22(2)39-28)32(36)33(37)34(30)17-16-23-10-6-5-7-11-23/h5-7,9-15,20-22,30,35H,3-4,8,16-19H2,1-2H3/b31-29+/t22-,30-/m0/s1. The molecule has 2 aliphatic heterocycles. The fraction of sp³-hybridized carbons (Fsp3) is 0.333. The van der Waals surface area contributed by atoms with Gasteiger partial charge in [-0.05, 0) is 66.8 Å². The topological polar surface area (TPSA) is 76.1 Å². The lowest BCUT2D eigenvalue weighted by molar-refractivity contribution is -0.139. The molecule has 1 N–H and O–H groups in total. The van der Waals surface area contributed by atoms with Crippen molar-refractivity contribution in [2.24, 2.45) is 0 Å². The third-order valence-electron chi connectivity index (χ3n) is 7.38. The van der Waals surface area contributed by atoms with Crippen molar-refractivity contribution >= 4 is 17.4 Å². The van der Waals surface area contributed by atoms with Crippen molar-refractivity contribution in [2.75, 3.05) is 13.2 Å². The number of hydrogen-bond donors (Lipinski definition) is 1. The number of unbranched alkanes of at least 4 members (excludes halogenated alkanes) is 2. The summed E-state index contributed by atoms with van der Waals surface area (Å²) in [4.78, 5) is 28.4. The largest absolute Gasteiger partial charge is 0.507 e. The third kappa shape index (κ3) is 5.70. The first-order valence-corrected chi connectivity index (χ1v) is 13.8. The van der Waals surface area contributed by atoms with E-state index in [4.69, 9.17) is 9.47 Å². The first kappa shape index (κ1) is 26.5. The fourth-order valence-corrected chi connectivity index (χ4v) is 5.39. The number of fused-ring (bicyclic) bond motifs is 1. The highest BCUT2D eigenvalue weighted by atomic mass is 16.5. The minimum atomic E-state index is -0.726. The van der Waals surface area contributed by atoms with Crippen LogP contribution in [0, 0.1) is 0 Å². The van der Waals surface area contributed by atoms with Crippen LogP contribution in [-0.2, 0) is 22.4 Å². The summed E-state index contributed by atoms with van der Waals surface area (Å²) in [5, 5.41) is 11.5. The minimum Gasteiger partial charge on any atom is -0.507 e. The summed E-state index contributed by atoms with van der Waals surface area (Å²) >= 11 is 0. The molecular weight excluding hydrogens is 490 g/mol. The van der Waals surface area contributed by atoms with Gasteiger partial charge in [-0.25, -0.2) is 0 Å². The van der Waals surface area contributed by atoms with Crippen molar-refractivity contribution in [3.05, 3.63) is 101 Å². The number of carbonyl (C=O) groups is 2. The molecule has 1 saturated heterocycles. The molecule has 2 aliphatic rings. The minimum absolute atomic E-state index is 0.0565. The van der Waals surface area contributed by atoms with E-state index in [0.29, 0.717) is 30.9 Å². The molecule has 2 atom stereocenters. The lowest BCUT2D eigenvalue weighted by Crippen LogP contribution is -2.31. The van der Waals surface area contributed by atoms with Crippen molar-refractivity contribution in [3.8, 4) is 11.5 Å². The second-order valence-electron chi connectivity index (χ2n) is 10.3. The monoisotopic (exact) mass is 525 g/mol. The highest BCUT2D eigenvalue weighted by molar-refractivity contribution is 6.46. The second kappa shape index (κ2) is 11.8. The molecule has 0 radical (unpaired) electrons. The van der Waals surface area contributed by atoms with Gasteiger partial charge in [0.25, 0.3) is 11.7 Å². The van der Waals surface area contributed by atoms with E-state index in [1.807, 2.05) is 73.7 Å². The van der Waals surface area contributed by atoms with Crippen molar-refractivity contribution in [1.82, 2.24) is 4.90 Å². The Bertz CT molecular complexity index is 1380. The van der Waals surface area contributed by atoms with E-state index in [-0.39, 0.29) is 17.4 Å². The summed E-state index contributed by atoms with van der Waals surface area (Å²) in [5.41, 5.74) is 3.38. The van der Waals surface area contributed by atoms with Crippen LogP contribution in [0.1, 0.15) is 61.4 Å². The molecule has 3 aromatic rings. The molecule has 2 heterocycles. The Morgan fingerprint density at radius 1 is 1.03 bits per heavy atom. The average Bonchev–Trinajstić information content (AvgIpc) is 3.45. The number of hydrogen-bond acceptors (Lipinski definition) is 5. The van der Waals surface area contributed by atoms with Gasteiger partial charge < -0.3 is 19.5 Å². The molecule has 1 fully saturated rings. The van der Waals surface area contributed by atoms with Crippen LogP contribution in [-0.4, -0.2) is 41.0 Å². The zero-order valence-electron chi connectivity index (χ0n) is 22.6. The fourth-order valence-electron chi connectivity index (χ4n) is 5.39. The summed E-state index contributed by atoms with van der Waals surface area (Å²) < 4.78 is 11.8. The Morgan fingerprint density at radius 3 is 2.64 bits per heavy atom. The molecule has 0 aliphatic carbocycles. The molecule has 0 saturated carbocycles. The molecule has 6 nitrogen and oxygen atoms in total. The number of Topliss-reactive ketones (excluding diaryl/α,β-unsaturated/α-hetero) is 1. The number of likely N-dealkylation sites (tertiary alicyclic amines) is 1. The van der Waals surface area contributed by atoms with Crippen LogP contribution in [0.25, 0.3) is 5.76 Å². The van der Waals surface area contributed by atoms with Crippen molar-refractivity contribution in [3.63, 3.8) is 0 Å². The Morgan fingerprint density at radius 2 is 1.85 bits per heavy atom. The molecule has 3 aromatic carbocycles. The maximum Gasteiger partial charge on any atom is 0.295 e. The summed E-state index contributed by atoms with van der Waals surface area (Å²) in [5.74, 6) is 0.0137. The number of nitrogens with zero attached hydrogens (tertiary/aromatic N) is 1. The van der Waals surface area contributed by atoms with Crippen LogP contribution < -0.4 is 9.47 Å². The number of ketones is 1. The first-order chi connectivity index (χ1) is 19.0. The summed E-state index contributed by atoms with van der Waals surface area (Å²) in [6.45, 7) is 5.08. The average molecular weight is 526 g/mol. The van der Waals surface area contributed by atoms with Crippen LogP contribution in [0.4, 0.5) is 0 Å². The SMILES string of the molecule is CCCCCOc1cccc([C@H]2/C(=C(\O)c3ccc4c(c3)C[C@H](C)O4)C(=O)C(=O)N2CCc2ccccc2)c1. The third-order valence-corrected chi connectivity index (χ3v) is 7.38. The number of benzene rings is 3. The lowest BCUT2D eigenvalue weighted by Gasteiger charge is -2.26. The normalized spacial score (nSPS) is 19.7. The summed E-state index contributed by atoms with van der Waals surface area (Å²) in [6, 6.07) is 22.1. The van der Waals surface area contributed by atoms with E-state index >= 15 is 0 Å². The Kier molecular flexibility index (Phi) is 8.01. The van der Waals surface area contributed by atoms with Crippen molar-refractivity contribution in [1.29, 1.82) is 0 Å². The smallest absolute Gasteiger partial charge is 0.295 e. The van der Waals surface area contributed by atoms with Gasteiger partial charge in [-0.3, -0.25) is 9.59 Å². The van der Waals surface area contributed by atoms with E-state index in [1.54, 1.807) is 11.0 Å². The molecular formula is C33H35NO5. The molecule has 39 heavy (non-hydrogen) atoms. The van der Waals surface area contributed by atoms with Crippen LogP contribution in [0.2, 0.25) is 0 Å². The molecule has 1 amide bonds. The Labute approximate surface area is 229 Å². The van der Waals surface area contributed by atoms with Gasteiger partial charge in [0, 0.05) is 18.5 Å². The number of rotatable bonds is 10. The maximum atomic E-state index is 13.5. The van der Waals surface area contributed by atoms with Gasteiger partial charge in [-0.2, -0.15) is 0 Å². The van der Waals surface area contributed by atoms with Gasteiger partial charge in [0.2, 0.25) is 0 Å². The van der Waals surface area contributed by atoms with E-state index in [2.05, 4.69) is 6.92 Å². The molecule has 0 unspecified atom stereocenters. The van der Waals surface area contributed by atoms with Crippen LogP contribution in [0.3, 0.4) is 0 Å². The zero-order valence-corrected chi connectivity index (χ0v) is 22.6. The maximum absolute atomic E-state index is 13.5. The van der Waals surface area contributed by atoms with Gasteiger partial charge in [0.15, 0.2) is 0 Å². The Hall–Kier alpha value is -4.06. The molecule has 202 valence electrons. The zero-order chi connectivity index (χ0) is 27.4. The predicted octanol–water partition coefficient (Wildman–Crippen LogP) is 6.24. The van der Waals surface area contributed by atoms with E-state index in [9.17, 15) is 14.7 Å². The highest BCUT2D eigenvalue weighted by Crippen LogP contribution is 2.41. The van der Waals surface area contributed by atoms with E-state index in [0.717, 1.165) is 48.1 Å². The molecule has 0 bridgehead atoms. The summed E-state index contributed by atoms with van der Waals surface area (Å²) in [6.07, 6.45) is 4.52. The van der Waals surface area contributed by atoms with Gasteiger partial charge in [0.1, 0.15) is 23.4 Å². The quantitative estimate of drug-likeness (QED) is 0.147. The van der Waals surface area contributed by atoms with Gasteiger partial charge in [-0.15, -0.1) is 0 Å². The molecule has 5 rings (SSSR count). The molecule has 6 heteroatoms. The Balaban J connectivity index is 1.52. The second-order valence-corrected chi connectivity index (χ2v) is 10.3. The first-order valence-electron chi connectivity index (χ1n) is 13.8. The number of amides is 1. The van der Waals surface area contributed by atoms with Crippen molar-refractivity contribution in [2.45, 2.75) is 58.1 Å². The van der Waals surface area contributed by atoms with Crippen LogP contribution in [0.15, 0.2) is 78.4 Å². The van der Waals surface area contributed by atoms with Crippen LogP contribution >= 0.6 is 0 Å². The van der Waals surface area contributed by atoms with E-state index in [1.165, 1.54) is 0 Å². The van der Waals surface area contributed by atoms with E-state index < -0.39 is 17.7 Å². The lowest BCUT2D eigenvalue weighted by atomic mass is 9.94. The molecule has 0 aromatic heterocycles.